The van der Waals surface area contributed by atoms with Crippen molar-refractivity contribution < 1.29 is 27.2 Å². The minimum Gasteiger partial charge on any atom is -0.540 e. The van der Waals surface area contributed by atoms with Crippen molar-refractivity contribution in [2.24, 2.45) is 0 Å². The van der Waals surface area contributed by atoms with Crippen molar-refractivity contribution in [2.45, 2.75) is 51.1 Å². The normalized spacial score (nSPS) is 21.2. The summed E-state index contributed by atoms with van der Waals surface area (Å²) in [5, 5.41) is 3.10. The van der Waals surface area contributed by atoms with E-state index in [1.807, 2.05) is 18.4 Å². The van der Waals surface area contributed by atoms with Gasteiger partial charge in [-0.15, -0.1) is 0 Å². The van der Waals surface area contributed by atoms with Gasteiger partial charge in [-0.2, -0.15) is 12.8 Å². The van der Waals surface area contributed by atoms with Gasteiger partial charge in [-0.05, 0) is 17.5 Å². The zero-order chi connectivity index (χ0) is 12.6. The second kappa shape index (κ2) is 9.49. The first-order valence-electron chi connectivity index (χ1n) is 6.89. The van der Waals surface area contributed by atoms with Gasteiger partial charge in [-0.3, -0.25) is 0 Å². The van der Waals surface area contributed by atoms with Crippen molar-refractivity contribution in [2.75, 3.05) is 0 Å². The van der Waals surface area contributed by atoms with Crippen LogP contribution in [0, 0.1) is 6.42 Å². The quantitative estimate of drug-likeness (QED) is 0.631. The number of rotatable bonds is 1. The maximum absolute atomic E-state index is 10.4. The molecular weight excluding hydrogens is 315 g/mol. The van der Waals surface area contributed by atoms with Crippen molar-refractivity contribution in [3.05, 3.63) is 41.8 Å². The van der Waals surface area contributed by atoms with Gasteiger partial charge in [0.05, 0.1) is 0 Å². The molecule has 0 saturated heterocycles. The summed E-state index contributed by atoms with van der Waals surface area (Å²) >= 11 is 0. The fraction of sp³-hybridized carbons (Fsp3) is 0.500. The standard InChI is InChI=1S/C10H10NO.C6H11.Nb/c12-7-10-5-8-3-1-2-4-9(8)6-11-10;1-2-4-6-5-3-1;/h1-4,10-11H,5-6H2;1H,2-6H2;/q2*-1;+2. The average molecular weight is 336 g/mol. The summed E-state index contributed by atoms with van der Waals surface area (Å²) in [6.07, 6.45) is 12.3. The summed E-state index contributed by atoms with van der Waals surface area (Å²) in [4.78, 5) is 10.4. The third-order valence-electron chi connectivity index (χ3n) is 3.54. The van der Waals surface area contributed by atoms with Crippen LogP contribution in [0.15, 0.2) is 24.3 Å². The molecular formula is C16H21NNbO. The Balaban J connectivity index is 0.000000220. The predicted octanol–water partition coefficient (Wildman–Crippen LogP) is 2.96. The first-order chi connectivity index (χ1) is 8.90. The predicted molar refractivity (Wildman–Crippen MR) is 73.9 cm³/mol. The molecule has 2 nitrogen and oxygen atoms in total. The van der Waals surface area contributed by atoms with Gasteiger partial charge < -0.3 is 16.5 Å². The molecule has 0 amide bonds. The number of benzene rings is 1. The largest absolute Gasteiger partial charge is 2.00 e. The van der Waals surface area contributed by atoms with Gasteiger partial charge in [0, 0.05) is 6.54 Å². The van der Waals surface area contributed by atoms with Gasteiger partial charge in [0.25, 0.3) is 0 Å². The number of nitrogens with one attached hydrogen (secondary N) is 1. The van der Waals surface area contributed by atoms with Gasteiger partial charge in [-0.1, -0.05) is 49.6 Å². The van der Waals surface area contributed by atoms with E-state index in [0.717, 1.165) is 13.0 Å². The Kier molecular flexibility index (Phi) is 8.31. The SMILES string of the molecule is O=[C-]C1Cc2ccccc2CN1.[CH-]1CCCCC1.[Nb+2]. The van der Waals surface area contributed by atoms with Crippen molar-refractivity contribution in [1.82, 2.24) is 5.32 Å². The molecule has 0 aromatic heterocycles. The smallest absolute Gasteiger partial charge is 0.540 e. The zero-order valence-electron chi connectivity index (χ0n) is 11.3. The molecule has 1 atom stereocenters. The van der Waals surface area contributed by atoms with Crippen molar-refractivity contribution in [1.29, 1.82) is 0 Å². The van der Waals surface area contributed by atoms with E-state index in [0.29, 0.717) is 0 Å². The van der Waals surface area contributed by atoms with E-state index in [9.17, 15) is 4.79 Å². The summed E-state index contributed by atoms with van der Waals surface area (Å²) < 4.78 is 0. The second-order valence-corrected chi connectivity index (χ2v) is 4.95. The maximum Gasteiger partial charge on any atom is 2.00 e. The first kappa shape index (κ1) is 16.6. The molecule has 0 spiro atoms. The van der Waals surface area contributed by atoms with Crippen molar-refractivity contribution in [3.8, 4) is 0 Å². The molecule has 1 heterocycles. The van der Waals surface area contributed by atoms with Crippen LogP contribution in [0.3, 0.4) is 0 Å². The van der Waals surface area contributed by atoms with Crippen LogP contribution >= 0.6 is 0 Å². The molecule has 3 rings (SSSR count). The van der Waals surface area contributed by atoms with Gasteiger partial charge in [0.1, 0.15) is 0 Å². The van der Waals surface area contributed by atoms with E-state index in [-0.39, 0.29) is 28.4 Å². The van der Waals surface area contributed by atoms with Gasteiger partial charge in [0.15, 0.2) is 0 Å². The molecule has 1 aromatic rings. The second-order valence-electron chi connectivity index (χ2n) is 4.95. The Bertz CT molecular complexity index is 365. The fourth-order valence-electron chi connectivity index (χ4n) is 2.44. The van der Waals surface area contributed by atoms with Gasteiger partial charge in [-0.25, -0.2) is 6.29 Å². The fourth-order valence-corrected chi connectivity index (χ4v) is 2.44. The number of carbonyl (C=O) groups excluding carboxylic acids is 1. The van der Waals surface area contributed by atoms with Crippen LogP contribution in [-0.4, -0.2) is 12.3 Å². The summed E-state index contributed by atoms with van der Waals surface area (Å²) in [5.41, 5.74) is 2.56. The molecule has 19 heavy (non-hydrogen) atoms. The molecule has 1 aromatic carbocycles. The third kappa shape index (κ3) is 5.62. The third-order valence-corrected chi connectivity index (χ3v) is 3.54. The Morgan fingerprint density at radius 2 is 1.79 bits per heavy atom. The van der Waals surface area contributed by atoms with Gasteiger partial charge >= 0.3 is 22.4 Å². The van der Waals surface area contributed by atoms with Crippen molar-refractivity contribution in [3.63, 3.8) is 0 Å². The molecule has 1 N–H and O–H groups in total. The van der Waals surface area contributed by atoms with Crippen LogP contribution in [0.5, 0.6) is 0 Å². The van der Waals surface area contributed by atoms with Crippen LogP contribution in [0.2, 0.25) is 0 Å². The molecule has 1 saturated carbocycles. The van der Waals surface area contributed by atoms with E-state index in [4.69, 9.17) is 0 Å². The topological polar surface area (TPSA) is 29.1 Å². The minimum atomic E-state index is -0.111. The van der Waals surface area contributed by atoms with Crippen LogP contribution < -0.4 is 5.32 Å². The summed E-state index contributed by atoms with van der Waals surface area (Å²) in [5.74, 6) is 0. The Labute approximate surface area is 131 Å². The Morgan fingerprint density at radius 1 is 1.11 bits per heavy atom. The van der Waals surface area contributed by atoms with Crippen LogP contribution in [0.1, 0.15) is 43.2 Å². The Morgan fingerprint density at radius 3 is 2.32 bits per heavy atom. The number of hydrogen-bond donors (Lipinski definition) is 1. The number of fused-ring (bicyclic) bond motifs is 1. The first-order valence-corrected chi connectivity index (χ1v) is 6.89. The summed E-state index contributed by atoms with van der Waals surface area (Å²) in [6, 6.07) is 8.07. The van der Waals surface area contributed by atoms with Crippen molar-refractivity contribution >= 4 is 6.29 Å². The molecule has 3 heteroatoms. The van der Waals surface area contributed by atoms with Crippen LogP contribution in [0.4, 0.5) is 0 Å². The van der Waals surface area contributed by atoms with Crippen LogP contribution in [-0.2, 0) is 40.1 Å². The van der Waals surface area contributed by atoms with E-state index in [1.165, 1.54) is 43.2 Å². The average Bonchev–Trinajstić information content (AvgIpc) is 2.49. The van der Waals surface area contributed by atoms with E-state index < -0.39 is 0 Å². The summed E-state index contributed by atoms with van der Waals surface area (Å²) in [7, 11) is 0. The Hall–Kier alpha value is -0.410. The molecule has 1 unspecified atom stereocenters. The van der Waals surface area contributed by atoms with E-state index in [2.05, 4.69) is 23.9 Å². The zero-order valence-corrected chi connectivity index (χ0v) is 13.5. The molecule has 1 aliphatic heterocycles. The van der Waals surface area contributed by atoms with Crippen LogP contribution in [0.25, 0.3) is 0 Å². The molecule has 2 aliphatic rings. The minimum absolute atomic E-state index is 0. The maximum atomic E-state index is 10.4. The van der Waals surface area contributed by atoms with E-state index >= 15 is 0 Å². The monoisotopic (exact) mass is 336 g/mol. The molecule has 1 fully saturated rings. The molecule has 1 aliphatic carbocycles. The molecule has 0 bridgehead atoms. The molecule has 101 valence electrons. The van der Waals surface area contributed by atoms with Gasteiger partial charge in [0.2, 0.25) is 0 Å². The molecule has 1 radical (unpaired) electrons. The van der Waals surface area contributed by atoms with E-state index in [1.54, 1.807) is 0 Å². The summed E-state index contributed by atoms with van der Waals surface area (Å²) in [6.45, 7) is 0.788. The number of hydrogen-bond acceptors (Lipinski definition) is 2.